The summed E-state index contributed by atoms with van der Waals surface area (Å²) in [6.45, 7) is 1.87. The van der Waals surface area contributed by atoms with Crippen LogP contribution < -0.4 is 5.32 Å². The van der Waals surface area contributed by atoms with Gasteiger partial charge < -0.3 is 5.32 Å². The van der Waals surface area contributed by atoms with Gasteiger partial charge in [0.2, 0.25) is 0 Å². The van der Waals surface area contributed by atoms with Crippen LogP contribution >= 0.6 is 23.2 Å². The van der Waals surface area contributed by atoms with E-state index in [1.165, 1.54) is 6.07 Å². The van der Waals surface area contributed by atoms with Crippen LogP contribution in [0.4, 0.5) is 14.5 Å². The molecule has 1 nitrogen and oxygen atoms in total. The maximum absolute atomic E-state index is 13.1. The summed E-state index contributed by atoms with van der Waals surface area (Å²) >= 11 is 11.9. The van der Waals surface area contributed by atoms with Gasteiger partial charge in [-0.1, -0.05) is 29.3 Å². The first kappa shape index (κ1) is 14.1. The maximum atomic E-state index is 13.1. The van der Waals surface area contributed by atoms with Crippen LogP contribution in [0.2, 0.25) is 10.0 Å². The topological polar surface area (TPSA) is 12.0 Å². The lowest BCUT2D eigenvalue weighted by atomic mass is 10.1. The molecule has 0 radical (unpaired) electrons. The molecular weight excluding hydrogens is 291 g/mol. The van der Waals surface area contributed by atoms with E-state index in [0.717, 1.165) is 17.7 Å². The van der Waals surface area contributed by atoms with Crippen molar-refractivity contribution in [1.29, 1.82) is 0 Å². The first-order chi connectivity index (χ1) is 8.97. The molecule has 2 rings (SSSR count). The third-order valence-corrected chi connectivity index (χ3v) is 3.29. The van der Waals surface area contributed by atoms with Crippen molar-refractivity contribution in [3.63, 3.8) is 0 Å². The average Bonchev–Trinajstić information content (AvgIpc) is 2.33. The molecule has 0 aliphatic heterocycles. The molecule has 1 N–H and O–H groups in total. The summed E-state index contributed by atoms with van der Waals surface area (Å²) in [4.78, 5) is 0. The molecule has 100 valence electrons. The summed E-state index contributed by atoms with van der Waals surface area (Å²) in [6.07, 6.45) is 0. The number of halogens is 4. The standard InChI is InChI=1S/C14H11Cl2F2N/c1-8(11-4-2-9(15)6-12(11)16)19-10-3-5-13(17)14(18)7-10/h2-8,19H,1H3. The average molecular weight is 302 g/mol. The zero-order valence-corrected chi connectivity index (χ0v) is 11.6. The van der Waals surface area contributed by atoms with Crippen molar-refractivity contribution in [3.05, 3.63) is 63.6 Å². The van der Waals surface area contributed by atoms with E-state index in [9.17, 15) is 8.78 Å². The highest BCUT2D eigenvalue weighted by atomic mass is 35.5. The van der Waals surface area contributed by atoms with Gasteiger partial charge in [0.05, 0.1) is 0 Å². The molecule has 0 amide bonds. The maximum Gasteiger partial charge on any atom is 0.160 e. The summed E-state index contributed by atoms with van der Waals surface area (Å²) in [5.41, 5.74) is 1.31. The molecule has 0 aliphatic carbocycles. The van der Waals surface area contributed by atoms with Crippen molar-refractivity contribution >= 4 is 28.9 Å². The van der Waals surface area contributed by atoms with E-state index in [4.69, 9.17) is 23.2 Å². The van der Waals surface area contributed by atoms with E-state index in [0.29, 0.717) is 15.7 Å². The quantitative estimate of drug-likeness (QED) is 0.795. The van der Waals surface area contributed by atoms with E-state index in [1.807, 2.05) is 6.92 Å². The number of hydrogen-bond acceptors (Lipinski definition) is 1. The van der Waals surface area contributed by atoms with Gasteiger partial charge in [-0.3, -0.25) is 0 Å². The Morgan fingerprint density at radius 2 is 1.74 bits per heavy atom. The van der Waals surface area contributed by atoms with E-state index in [-0.39, 0.29) is 6.04 Å². The smallest absolute Gasteiger partial charge is 0.160 e. The highest BCUT2D eigenvalue weighted by molar-refractivity contribution is 6.35. The normalized spacial score (nSPS) is 12.3. The van der Waals surface area contributed by atoms with Crippen molar-refractivity contribution in [3.8, 4) is 0 Å². The van der Waals surface area contributed by atoms with Crippen LogP contribution in [0.25, 0.3) is 0 Å². The van der Waals surface area contributed by atoms with Crippen molar-refractivity contribution < 1.29 is 8.78 Å². The van der Waals surface area contributed by atoms with Crippen LogP contribution in [0.1, 0.15) is 18.5 Å². The van der Waals surface area contributed by atoms with Crippen LogP contribution in [0, 0.1) is 11.6 Å². The van der Waals surface area contributed by atoms with E-state index < -0.39 is 11.6 Å². The largest absolute Gasteiger partial charge is 0.378 e. The van der Waals surface area contributed by atoms with Crippen LogP contribution in [-0.2, 0) is 0 Å². The molecule has 0 aromatic heterocycles. The summed E-state index contributed by atoms with van der Waals surface area (Å²) < 4.78 is 25.9. The molecule has 19 heavy (non-hydrogen) atoms. The van der Waals surface area contributed by atoms with Crippen molar-refractivity contribution in [2.45, 2.75) is 13.0 Å². The molecule has 2 aromatic carbocycles. The second-order valence-corrected chi connectivity index (χ2v) is 5.00. The van der Waals surface area contributed by atoms with Crippen LogP contribution in [0.3, 0.4) is 0 Å². The van der Waals surface area contributed by atoms with Crippen molar-refractivity contribution in [1.82, 2.24) is 0 Å². The Morgan fingerprint density at radius 1 is 1.00 bits per heavy atom. The van der Waals surface area contributed by atoms with Gasteiger partial charge in [-0.15, -0.1) is 0 Å². The Hall–Kier alpha value is -1.32. The molecule has 0 saturated carbocycles. The van der Waals surface area contributed by atoms with Gasteiger partial charge in [-0.05, 0) is 36.8 Å². The third-order valence-electron chi connectivity index (χ3n) is 2.73. The predicted molar refractivity (Wildman–Crippen MR) is 74.9 cm³/mol. The van der Waals surface area contributed by atoms with Gasteiger partial charge >= 0.3 is 0 Å². The first-order valence-corrected chi connectivity index (χ1v) is 6.39. The van der Waals surface area contributed by atoms with E-state index >= 15 is 0 Å². The summed E-state index contributed by atoms with van der Waals surface area (Å²) in [5, 5.41) is 4.13. The number of rotatable bonds is 3. The van der Waals surface area contributed by atoms with Gasteiger partial charge in [0.25, 0.3) is 0 Å². The van der Waals surface area contributed by atoms with Gasteiger partial charge in [0, 0.05) is 27.8 Å². The molecule has 1 unspecified atom stereocenters. The van der Waals surface area contributed by atoms with Crippen LogP contribution in [-0.4, -0.2) is 0 Å². The Morgan fingerprint density at radius 3 is 2.37 bits per heavy atom. The lowest BCUT2D eigenvalue weighted by molar-refractivity contribution is 0.509. The molecule has 0 heterocycles. The van der Waals surface area contributed by atoms with Crippen LogP contribution in [0.5, 0.6) is 0 Å². The molecule has 5 heteroatoms. The fourth-order valence-electron chi connectivity index (χ4n) is 1.77. The molecule has 0 fully saturated rings. The molecule has 1 atom stereocenters. The first-order valence-electron chi connectivity index (χ1n) is 5.64. The van der Waals surface area contributed by atoms with Gasteiger partial charge in [-0.25, -0.2) is 8.78 Å². The minimum Gasteiger partial charge on any atom is -0.378 e. The fraction of sp³-hybridized carbons (Fsp3) is 0.143. The SMILES string of the molecule is CC(Nc1ccc(F)c(F)c1)c1ccc(Cl)cc1Cl. The monoisotopic (exact) mass is 301 g/mol. The Balaban J connectivity index is 2.20. The summed E-state index contributed by atoms with van der Waals surface area (Å²) in [6, 6.07) is 8.66. The number of benzene rings is 2. The molecule has 0 spiro atoms. The summed E-state index contributed by atoms with van der Waals surface area (Å²) in [7, 11) is 0. The Labute approximate surface area is 120 Å². The second kappa shape index (κ2) is 5.76. The van der Waals surface area contributed by atoms with Crippen LogP contribution in [0.15, 0.2) is 36.4 Å². The minimum atomic E-state index is -0.889. The van der Waals surface area contributed by atoms with Gasteiger partial charge in [0.15, 0.2) is 11.6 Å². The van der Waals surface area contributed by atoms with Gasteiger partial charge in [-0.2, -0.15) is 0 Å². The molecular formula is C14H11Cl2F2N. The summed E-state index contributed by atoms with van der Waals surface area (Å²) in [5.74, 6) is -1.76. The lowest BCUT2D eigenvalue weighted by Crippen LogP contribution is -2.07. The number of hydrogen-bond donors (Lipinski definition) is 1. The van der Waals surface area contributed by atoms with E-state index in [1.54, 1.807) is 18.2 Å². The molecule has 0 aliphatic rings. The molecule has 0 bridgehead atoms. The van der Waals surface area contributed by atoms with Crippen molar-refractivity contribution in [2.75, 3.05) is 5.32 Å². The fourth-order valence-corrected chi connectivity index (χ4v) is 2.34. The minimum absolute atomic E-state index is 0.158. The molecule has 0 saturated heterocycles. The van der Waals surface area contributed by atoms with E-state index in [2.05, 4.69) is 5.32 Å². The highest BCUT2D eigenvalue weighted by Crippen LogP contribution is 2.28. The molecule has 2 aromatic rings. The number of anilines is 1. The lowest BCUT2D eigenvalue weighted by Gasteiger charge is -2.17. The highest BCUT2D eigenvalue weighted by Gasteiger charge is 2.11. The van der Waals surface area contributed by atoms with Gasteiger partial charge in [0.1, 0.15) is 0 Å². The number of nitrogens with one attached hydrogen (secondary N) is 1. The Kier molecular flexibility index (Phi) is 4.27. The zero-order valence-electron chi connectivity index (χ0n) is 10.1. The Bertz CT molecular complexity index is 602. The van der Waals surface area contributed by atoms with Crippen molar-refractivity contribution in [2.24, 2.45) is 0 Å². The predicted octanol–water partition coefficient (Wildman–Crippen LogP) is 5.44. The zero-order chi connectivity index (χ0) is 14.0. The second-order valence-electron chi connectivity index (χ2n) is 4.16. The third kappa shape index (κ3) is 3.37.